The molecule has 0 saturated carbocycles. The number of nitrogens with zero attached hydrogens (tertiary/aromatic N) is 1. The third-order valence-electron chi connectivity index (χ3n) is 4.29. The minimum atomic E-state index is -0.0142. The zero-order chi connectivity index (χ0) is 16.1. The van der Waals surface area contributed by atoms with Gasteiger partial charge in [-0.3, -0.25) is 9.69 Å². The molecule has 1 aromatic rings. The molecular weight excluding hydrogens is 280 g/mol. The van der Waals surface area contributed by atoms with Crippen molar-refractivity contribution in [1.82, 2.24) is 10.2 Å². The molecule has 122 valence electrons. The van der Waals surface area contributed by atoms with Gasteiger partial charge in [0, 0.05) is 31.7 Å². The van der Waals surface area contributed by atoms with E-state index in [1.807, 2.05) is 26.8 Å². The van der Waals surface area contributed by atoms with E-state index in [-0.39, 0.29) is 5.91 Å². The Balaban J connectivity index is 1.97. The highest BCUT2D eigenvalue weighted by Crippen LogP contribution is 2.28. The maximum Gasteiger partial charge on any atom is 0.251 e. The maximum atomic E-state index is 12.4. The van der Waals surface area contributed by atoms with Gasteiger partial charge in [0.1, 0.15) is 5.75 Å². The number of morpholine rings is 1. The molecule has 1 saturated heterocycles. The summed E-state index contributed by atoms with van der Waals surface area (Å²) >= 11 is 0. The van der Waals surface area contributed by atoms with Crippen molar-refractivity contribution in [2.24, 2.45) is 0 Å². The molecule has 0 spiro atoms. The van der Waals surface area contributed by atoms with Crippen LogP contribution < -0.4 is 10.1 Å². The normalized spacial score (nSPS) is 15.6. The van der Waals surface area contributed by atoms with E-state index in [2.05, 4.69) is 10.2 Å². The van der Waals surface area contributed by atoms with Crippen LogP contribution in [0.3, 0.4) is 0 Å². The molecule has 1 N–H and O–H groups in total. The zero-order valence-corrected chi connectivity index (χ0v) is 14.0. The van der Waals surface area contributed by atoms with Crippen LogP contribution in [-0.2, 0) is 4.74 Å². The van der Waals surface area contributed by atoms with Crippen molar-refractivity contribution < 1.29 is 14.3 Å². The first-order valence-corrected chi connectivity index (χ1v) is 7.77. The number of aryl methyl sites for hydroxylation is 1. The predicted octanol–water partition coefficient (Wildman–Crippen LogP) is 1.68. The number of methoxy groups -OCH3 is 1. The molecule has 1 heterocycles. The Morgan fingerprint density at radius 2 is 1.95 bits per heavy atom. The minimum absolute atomic E-state index is 0.0142. The number of ether oxygens (including phenoxy) is 2. The number of carbonyl (C=O) groups excluding carboxylic acids is 1. The van der Waals surface area contributed by atoms with E-state index in [1.165, 1.54) is 0 Å². The van der Waals surface area contributed by atoms with E-state index in [4.69, 9.17) is 9.47 Å². The number of rotatable bonds is 5. The second kappa shape index (κ2) is 7.61. The Labute approximate surface area is 132 Å². The summed E-state index contributed by atoms with van der Waals surface area (Å²) in [4.78, 5) is 14.7. The van der Waals surface area contributed by atoms with Gasteiger partial charge >= 0.3 is 0 Å². The quantitative estimate of drug-likeness (QED) is 0.899. The lowest BCUT2D eigenvalue weighted by molar-refractivity contribution is 0.0383. The third kappa shape index (κ3) is 3.78. The summed E-state index contributed by atoms with van der Waals surface area (Å²) in [6, 6.07) is 1.91. The number of benzene rings is 1. The molecule has 0 aliphatic carbocycles. The summed E-state index contributed by atoms with van der Waals surface area (Å²) in [5.41, 5.74) is 3.73. The van der Waals surface area contributed by atoms with Crippen molar-refractivity contribution in [3.63, 3.8) is 0 Å². The minimum Gasteiger partial charge on any atom is -0.496 e. The Hall–Kier alpha value is -1.59. The zero-order valence-electron chi connectivity index (χ0n) is 14.0. The van der Waals surface area contributed by atoms with Crippen LogP contribution in [-0.4, -0.2) is 57.3 Å². The van der Waals surface area contributed by atoms with E-state index in [9.17, 15) is 4.79 Å². The summed E-state index contributed by atoms with van der Waals surface area (Å²) in [6.45, 7) is 10.9. The molecule has 0 atom stereocenters. The van der Waals surface area contributed by atoms with Gasteiger partial charge in [0.25, 0.3) is 5.91 Å². The van der Waals surface area contributed by atoms with E-state index in [0.717, 1.165) is 60.9 Å². The van der Waals surface area contributed by atoms with Crippen LogP contribution in [0.2, 0.25) is 0 Å². The largest absolute Gasteiger partial charge is 0.496 e. The first-order chi connectivity index (χ1) is 10.5. The Morgan fingerprint density at radius 1 is 1.27 bits per heavy atom. The van der Waals surface area contributed by atoms with Gasteiger partial charge in [-0.05, 0) is 43.5 Å². The van der Waals surface area contributed by atoms with Crippen LogP contribution in [0.4, 0.5) is 0 Å². The van der Waals surface area contributed by atoms with Crippen LogP contribution in [0.1, 0.15) is 27.0 Å². The van der Waals surface area contributed by atoms with Gasteiger partial charge in [0.2, 0.25) is 0 Å². The predicted molar refractivity (Wildman–Crippen MR) is 86.8 cm³/mol. The number of amides is 1. The fraction of sp³-hybridized carbons (Fsp3) is 0.588. The Morgan fingerprint density at radius 3 is 2.59 bits per heavy atom. The standard InChI is InChI=1S/C17H26N2O3/c1-12-11-15(13(2)14(3)16(12)21-4)17(20)18-5-6-19-7-9-22-10-8-19/h11H,5-10H2,1-4H3,(H,18,20). The summed E-state index contributed by atoms with van der Waals surface area (Å²) < 4.78 is 10.7. The number of carbonyl (C=O) groups is 1. The molecule has 0 radical (unpaired) electrons. The Kier molecular flexibility index (Phi) is 5.80. The van der Waals surface area contributed by atoms with Crippen LogP contribution in [0.5, 0.6) is 5.75 Å². The smallest absolute Gasteiger partial charge is 0.251 e. The molecule has 1 aliphatic rings. The van der Waals surface area contributed by atoms with Crippen molar-refractivity contribution >= 4 is 5.91 Å². The molecule has 22 heavy (non-hydrogen) atoms. The first kappa shape index (κ1) is 16.8. The number of hydrogen-bond acceptors (Lipinski definition) is 4. The molecule has 5 nitrogen and oxygen atoms in total. The second-order valence-corrected chi connectivity index (χ2v) is 5.73. The maximum absolute atomic E-state index is 12.4. The topological polar surface area (TPSA) is 50.8 Å². The molecule has 1 aromatic carbocycles. The molecule has 0 bridgehead atoms. The van der Waals surface area contributed by atoms with Gasteiger partial charge in [-0.2, -0.15) is 0 Å². The van der Waals surface area contributed by atoms with Gasteiger partial charge in [0.15, 0.2) is 0 Å². The lowest BCUT2D eigenvalue weighted by atomic mass is 9.98. The molecule has 1 aliphatic heterocycles. The van der Waals surface area contributed by atoms with Gasteiger partial charge in [-0.25, -0.2) is 0 Å². The first-order valence-electron chi connectivity index (χ1n) is 7.77. The van der Waals surface area contributed by atoms with Crippen LogP contribution >= 0.6 is 0 Å². The molecule has 0 aromatic heterocycles. The summed E-state index contributed by atoms with van der Waals surface area (Å²) in [6.07, 6.45) is 0. The number of hydrogen-bond donors (Lipinski definition) is 1. The average molecular weight is 306 g/mol. The third-order valence-corrected chi connectivity index (χ3v) is 4.29. The highest BCUT2D eigenvalue weighted by molar-refractivity contribution is 5.96. The lowest BCUT2D eigenvalue weighted by Gasteiger charge is -2.26. The van der Waals surface area contributed by atoms with Crippen LogP contribution in [0.15, 0.2) is 6.07 Å². The SMILES string of the molecule is COc1c(C)cc(C(=O)NCCN2CCOCC2)c(C)c1C. The summed E-state index contributed by atoms with van der Waals surface area (Å²) in [5, 5.41) is 3.02. The highest BCUT2D eigenvalue weighted by Gasteiger charge is 2.16. The van der Waals surface area contributed by atoms with Gasteiger partial charge in [-0.1, -0.05) is 0 Å². The number of nitrogens with one attached hydrogen (secondary N) is 1. The summed E-state index contributed by atoms with van der Waals surface area (Å²) in [5.74, 6) is 0.849. The van der Waals surface area contributed by atoms with Crippen molar-refractivity contribution in [3.8, 4) is 5.75 Å². The van der Waals surface area contributed by atoms with Crippen molar-refractivity contribution in [2.75, 3.05) is 46.5 Å². The van der Waals surface area contributed by atoms with Gasteiger partial charge in [-0.15, -0.1) is 0 Å². The highest BCUT2D eigenvalue weighted by atomic mass is 16.5. The average Bonchev–Trinajstić information content (AvgIpc) is 2.52. The second-order valence-electron chi connectivity index (χ2n) is 5.73. The van der Waals surface area contributed by atoms with Crippen molar-refractivity contribution in [2.45, 2.75) is 20.8 Å². The molecule has 2 rings (SSSR count). The van der Waals surface area contributed by atoms with Crippen molar-refractivity contribution in [3.05, 3.63) is 28.3 Å². The lowest BCUT2D eigenvalue weighted by Crippen LogP contribution is -2.41. The fourth-order valence-corrected chi connectivity index (χ4v) is 2.86. The van der Waals surface area contributed by atoms with E-state index < -0.39 is 0 Å². The van der Waals surface area contributed by atoms with Gasteiger partial charge < -0.3 is 14.8 Å². The molecule has 5 heteroatoms. The van der Waals surface area contributed by atoms with E-state index in [0.29, 0.717) is 6.54 Å². The van der Waals surface area contributed by atoms with Crippen LogP contribution in [0, 0.1) is 20.8 Å². The monoisotopic (exact) mass is 306 g/mol. The van der Waals surface area contributed by atoms with Crippen LogP contribution in [0.25, 0.3) is 0 Å². The molecule has 0 unspecified atom stereocenters. The van der Waals surface area contributed by atoms with Gasteiger partial charge in [0.05, 0.1) is 20.3 Å². The molecule has 1 amide bonds. The molecule has 1 fully saturated rings. The molecular formula is C17H26N2O3. The summed E-state index contributed by atoms with van der Waals surface area (Å²) in [7, 11) is 1.66. The van der Waals surface area contributed by atoms with Crippen molar-refractivity contribution in [1.29, 1.82) is 0 Å². The van der Waals surface area contributed by atoms with E-state index in [1.54, 1.807) is 7.11 Å². The Bertz CT molecular complexity index is 537. The van der Waals surface area contributed by atoms with E-state index >= 15 is 0 Å². The fourth-order valence-electron chi connectivity index (χ4n) is 2.86.